The number of hydrogen-bond acceptors (Lipinski definition) is 5. The van der Waals surface area contributed by atoms with Crippen LogP contribution in [-0.4, -0.2) is 10.9 Å². The first-order valence-electron chi connectivity index (χ1n) is 8.13. The number of thiophene rings is 1. The lowest BCUT2D eigenvalue weighted by Gasteiger charge is -2.06. The van der Waals surface area contributed by atoms with Crippen LogP contribution in [0.5, 0.6) is 11.5 Å². The molecule has 0 saturated heterocycles. The van der Waals surface area contributed by atoms with Gasteiger partial charge in [-0.2, -0.15) is 0 Å². The smallest absolute Gasteiger partial charge is 0.257 e. The molecule has 2 heterocycles. The molecule has 2 aromatic heterocycles. The van der Waals surface area contributed by atoms with E-state index in [1.165, 1.54) is 22.7 Å². The molecule has 4 aromatic rings. The molecule has 0 aliphatic rings. The highest BCUT2D eigenvalue weighted by atomic mass is 35.5. The van der Waals surface area contributed by atoms with Gasteiger partial charge in [0.25, 0.3) is 5.91 Å². The quantitative estimate of drug-likeness (QED) is 0.351. The summed E-state index contributed by atoms with van der Waals surface area (Å²) >= 11 is 14.8. The number of halogens is 2. The summed E-state index contributed by atoms with van der Waals surface area (Å²) in [6.07, 6.45) is 0. The summed E-state index contributed by atoms with van der Waals surface area (Å²) < 4.78 is 6.90. The highest BCUT2D eigenvalue weighted by Gasteiger charge is 2.14. The lowest BCUT2D eigenvalue weighted by Crippen LogP contribution is -2.11. The van der Waals surface area contributed by atoms with Gasteiger partial charge in [0.1, 0.15) is 15.8 Å². The largest absolute Gasteiger partial charge is 0.457 e. The van der Waals surface area contributed by atoms with Crippen molar-refractivity contribution in [3.05, 3.63) is 80.3 Å². The van der Waals surface area contributed by atoms with Crippen LogP contribution in [0, 0.1) is 0 Å². The number of ether oxygens (including phenoxy) is 1. The van der Waals surface area contributed by atoms with Crippen LogP contribution in [0.2, 0.25) is 8.67 Å². The fourth-order valence-electron chi connectivity index (χ4n) is 2.44. The third-order valence-corrected chi connectivity index (χ3v) is 6.00. The minimum atomic E-state index is -0.249. The van der Waals surface area contributed by atoms with Crippen LogP contribution in [0.4, 0.5) is 5.13 Å². The Balaban J connectivity index is 1.43. The number of rotatable bonds is 5. The molecule has 0 radical (unpaired) electrons. The summed E-state index contributed by atoms with van der Waals surface area (Å²) in [5.41, 5.74) is 1.95. The molecule has 0 aliphatic heterocycles. The number of carbonyl (C=O) groups is 1. The van der Waals surface area contributed by atoms with Crippen molar-refractivity contribution in [3.8, 4) is 22.8 Å². The molecule has 1 amide bonds. The fraction of sp³-hybridized carbons (Fsp3) is 0. The average molecular weight is 447 g/mol. The molecule has 0 spiro atoms. The van der Waals surface area contributed by atoms with Crippen molar-refractivity contribution in [2.75, 3.05) is 5.32 Å². The van der Waals surface area contributed by atoms with E-state index in [0.717, 1.165) is 11.3 Å². The van der Waals surface area contributed by atoms with Crippen molar-refractivity contribution in [1.29, 1.82) is 0 Å². The number of aromatic nitrogens is 1. The first kappa shape index (κ1) is 19.0. The fourth-order valence-corrected chi connectivity index (χ4v) is 4.62. The molecule has 0 fully saturated rings. The van der Waals surface area contributed by atoms with Crippen molar-refractivity contribution in [1.82, 2.24) is 4.98 Å². The summed E-state index contributed by atoms with van der Waals surface area (Å²) in [5.74, 6) is 1.15. The Bertz CT molecular complexity index is 1110. The molecule has 4 rings (SSSR count). The topological polar surface area (TPSA) is 51.2 Å². The standard InChI is InChI=1S/C20H12Cl2N2O2S2/c21-17-10-15(18(22)28-17)16-11-27-20(23-16)24-19(25)12-6-8-14(9-7-12)26-13-4-2-1-3-5-13/h1-11H,(H,23,24,25). The van der Waals surface area contributed by atoms with E-state index in [9.17, 15) is 4.79 Å². The first-order chi connectivity index (χ1) is 13.6. The third-order valence-electron chi connectivity index (χ3n) is 3.75. The summed E-state index contributed by atoms with van der Waals surface area (Å²) in [7, 11) is 0. The number of nitrogens with one attached hydrogen (secondary N) is 1. The predicted octanol–water partition coefficient (Wildman–Crippen LogP) is 7.22. The lowest BCUT2D eigenvalue weighted by molar-refractivity contribution is 0.102. The van der Waals surface area contributed by atoms with Crippen molar-refractivity contribution in [2.24, 2.45) is 0 Å². The summed E-state index contributed by atoms with van der Waals surface area (Å²) in [4.78, 5) is 16.9. The SMILES string of the molecule is O=C(Nc1nc(-c2cc(Cl)sc2Cl)cs1)c1ccc(Oc2ccccc2)cc1. The van der Waals surface area contributed by atoms with Gasteiger partial charge >= 0.3 is 0 Å². The molecule has 0 saturated carbocycles. The van der Waals surface area contributed by atoms with Crippen LogP contribution in [0.15, 0.2) is 66.0 Å². The Morgan fingerprint density at radius 1 is 1.00 bits per heavy atom. The van der Waals surface area contributed by atoms with Crippen LogP contribution >= 0.6 is 45.9 Å². The number of carbonyl (C=O) groups excluding carboxylic acids is 1. The maximum Gasteiger partial charge on any atom is 0.257 e. The minimum absolute atomic E-state index is 0.249. The number of nitrogens with zero attached hydrogens (tertiary/aromatic N) is 1. The van der Waals surface area contributed by atoms with Gasteiger partial charge in [0, 0.05) is 16.5 Å². The number of thiazole rings is 1. The van der Waals surface area contributed by atoms with Gasteiger partial charge in [-0.1, -0.05) is 41.4 Å². The molecule has 0 atom stereocenters. The Morgan fingerprint density at radius 3 is 2.39 bits per heavy atom. The maximum atomic E-state index is 12.5. The zero-order valence-corrected chi connectivity index (χ0v) is 17.3. The second kappa shape index (κ2) is 8.32. The third kappa shape index (κ3) is 4.36. The molecule has 0 aliphatic carbocycles. The number of para-hydroxylation sites is 1. The molecule has 28 heavy (non-hydrogen) atoms. The van der Waals surface area contributed by atoms with Gasteiger partial charge in [0.2, 0.25) is 0 Å². The highest BCUT2D eigenvalue weighted by Crippen LogP contribution is 2.39. The van der Waals surface area contributed by atoms with E-state index in [4.69, 9.17) is 27.9 Å². The van der Waals surface area contributed by atoms with E-state index in [-0.39, 0.29) is 5.91 Å². The first-order valence-corrected chi connectivity index (χ1v) is 10.6. The van der Waals surface area contributed by atoms with Gasteiger partial charge in [0.15, 0.2) is 5.13 Å². The van der Waals surface area contributed by atoms with Gasteiger partial charge in [-0.3, -0.25) is 10.1 Å². The van der Waals surface area contributed by atoms with Crippen molar-refractivity contribution in [3.63, 3.8) is 0 Å². The van der Waals surface area contributed by atoms with Crippen LogP contribution in [0.1, 0.15) is 10.4 Å². The molecule has 4 nitrogen and oxygen atoms in total. The zero-order chi connectivity index (χ0) is 19.5. The number of anilines is 1. The van der Waals surface area contributed by atoms with Gasteiger partial charge in [-0.25, -0.2) is 4.98 Å². The molecule has 140 valence electrons. The van der Waals surface area contributed by atoms with Crippen LogP contribution in [0.25, 0.3) is 11.3 Å². The summed E-state index contributed by atoms with van der Waals surface area (Å²) in [6, 6.07) is 18.1. The van der Waals surface area contributed by atoms with E-state index in [2.05, 4.69) is 10.3 Å². The van der Waals surface area contributed by atoms with Gasteiger partial charge in [0.05, 0.1) is 10.0 Å². The monoisotopic (exact) mass is 446 g/mol. The molecule has 0 bridgehead atoms. The molecule has 8 heteroatoms. The van der Waals surface area contributed by atoms with Crippen molar-refractivity contribution < 1.29 is 9.53 Å². The average Bonchev–Trinajstić information content (AvgIpc) is 3.28. The second-order valence-corrected chi connectivity index (χ2v) is 8.81. The molecule has 0 unspecified atom stereocenters. The number of benzene rings is 2. The maximum absolute atomic E-state index is 12.5. The Labute approximate surface area is 179 Å². The van der Waals surface area contributed by atoms with Crippen molar-refractivity contribution >= 4 is 56.9 Å². The van der Waals surface area contributed by atoms with E-state index < -0.39 is 0 Å². The zero-order valence-electron chi connectivity index (χ0n) is 14.2. The van der Waals surface area contributed by atoms with E-state index in [0.29, 0.717) is 30.8 Å². The Kier molecular flexibility index (Phi) is 5.64. The normalized spacial score (nSPS) is 10.6. The lowest BCUT2D eigenvalue weighted by atomic mass is 10.2. The second-order valence-electron chi connectivity index (χ2n) is 5.67. The van der Waals surface area contributed by atoms with Crippen molar-refractivity contribution in [2.45, 2.75) is 0 Å². The van der Waals surface area contributed by atoms with Crippen LogP contribution in [-0.2, 0) is 0 Å². The molecular weight excluding hydrogens is 435 g/mol. The van der Waals surface area contributed by atoms with Crippen LogP contribution < -0.4 is 10.1 Å². The molecule has 2 aromatic carbocycles. The van der Waals surface area contributed by atoms with Gasteiger partial charge in [-0.15, -0.1) is 22.7 Å². The summed E-state index contributed by atoms with van der Waals surface area (Å²) in [5, 5.41) is 5.12. The molecule has 1 N–H and O–H groups in total. The Hall–Kier alpha value is -2.38. The van der Waals surface area contributed by atoms with Gasteiger partial charge < -0.3 is 4.74 Å². The Morgan fingerprint density at radius 2 is 1.71 bits per heavy atom. The van der Waals surface area contributed by atoms with E-state index >= 15 is 0 Å². The number of amides is 1. The van der Waals surface area contributed by atoms with Crippen LogP contribution in [0.3, 0.4) is 0 Å². The van der Waals surface area contributed by atoms with E-state index in [1.54, 1.807) is 30.3 Å². The highest BCUT2D eigenvalue weighted by molar-refractivity contribution is 7.20. The minimum Gasteiger partial charge on any atom is -0.457 e. The number of hydrogen-bond donors (Lipinski definition) is 1. The van der Waals surface area contributed by atoms with Gasteiger partial charge in [-0.05, 0) is 42.5 Å². The molecular formula is C20H12Cl2N2O2S2. The van der Waals surface area contributed by atoms with E-state index in [1.807, 2.05) is 35.7 Å². The summed E-state index contributed by atoms with van der Waals surface area (Å²) in [6.45, 7) is 0. The predicted molar refractivity (Wildman–Crippen MR) is 116 cm³/mol.